The Bertz CT molecular complexity index is 1340. The summed E-state index contributed by atoms with van der Waals surface area (Å²) in [6.45, 7) is 2.72. The van der Waals surface area contributed by atoms with Crippen molar-refractivity contribution in [1.29, 1.82) is 0 Å². The van der Waals surface area contributed by atoms with Crippen LogP contribution in [-0.2, 0) is 11.3 Å². The van der Waals surface area contributed by atoms with Crippen molar-refractivity contribution in [3.8, 4) is 22.3 Å². The molecule has 0 atom stereocenters. The van der Waals surface area contributed by atoms with Gasteiger partial charge in [-0.1, -0.05) is 86.8 Å². The number of hydrazine groups is 1. The summed E-state index contributed by atoms with van der Waals surface area (Å²) >= 11 is 0. The number of hydrogen-bond acceptors (Lipinski definition) is 5. The van der Waals surface area contributed by atoms with E-state index in [1.807, 2.05) is 35.2 Å². The van der Waals surface area contributed by atoms with E-state index >= 15 is 0 Å². The summed E-state index contributed by atoms with van der Waals surface area (Å²) < 4.78 is 0. The van der Waals surface area contributed by atoms with E-state index in [-0.39, 0.29) is 5.91 Å². The lowest BCUT2D eigenvalue weighted by Gasteiger charge is -2.23. The number of unbranched alkanes of at least 4 members (excludes halogenated alkanes) is 1. The summed E-state index contributed by atoms with van der Waals surface area (Å²) in [7, 11) is 0. The van der Waals surface area contributed by atoms with Crippen molar-refractivity contribution in [2.24, 2.45) is 21.7 Å². The predicted molar refractivity (Wildman–Crippen MR) is 154 cm³/mol. The van der Waals surface area contributed by atoms with Gasteiger partial charge in [-0.3, -0.25) is 14.7 Å². The largest absolute Gasteiger partial charge is 0.382 e. The fraction of sp³-hybridized carbons (Fsp3) is 0.323. The molecule has 1 fully saturated rings. The Kier molecular flexibility index (Phi) is 7.56. The lowest BCUT2D eigenvalue weighted by molar-refractivity contribution is -0.131. The fourth-order valence-electron chi connectivity index (χ4n) is 5.62. The Labute approximate surface area is 224 Å². The Hall–Kier alpha value is -3.97. The quantitative estimate of drug-likeness (QED) is 0.157. The molecule has 1 aliphatic heterocycles. The predicted octanol–water partition coefficient (Wildman–Crippen LogP) is 5.35. The maximum Gasteiger partial charge on any atom is 0.256 e. The second kappa shape index (κ2) is 11.2. The number of benzene rings is 3. The molecular formula is C31H36N6O. The molecule has 0 bridgehead atoms. The molecule has 0 saturated heterocycles. The molecule has 3 aromatic carbocycles. The molecule has 1 spiro atoms. The fourth-order valence-corrected chi connectivity index (χ4v) is 5.62. The van der Waals surface area contributed by atoms with Gasteiger partial charge < -0.3 is 5.73 Å². The zero-order chi connectivity index (χ0) is 26.5. The summed E-state index contributed by atoms with van der Waals surface area (Å²) in [5.41, 5.74) is 14.1. The van der Waals surface area contributed by atoms with Gasteiger partial charge in [-0.2, -0.15) is 0 Å². The Morgan fingerprint density at radius 3 is 2.39 bits per heavy atom. The second-order valence-corrected chi connectivity index (χ2v) is 10.2. The van der Waals surface area contributed by atoms with Crippen molar-refractivity contribution >= 4 is 17.6 Å². The van der Waals surface area contributed by atoms with E-state index < -0.39 is 5.54 Å². The van der Waals surface area contributed by atoms with Gasteiger partial charge in [0.15, 0.2) is 5.84 Å². The van der Waals surface area contributed by atoms with Gasteiger partial charge in [-0.05, 0) is 59.2 Å². The lowest BCUT2D eigenvalue weighted by atomic mass is 9.93. The summed E-state index contributed by atoms with van der Waals surface area (Å²) in [6.07, 6.45) is 6.88. The monoisotopic (exact) mass is 508 g/mol. The zero-order valence-electron chi connectivity index (χ0n) is 22.0. The van der Waals surface area contributed by atoms with Crippen molar-refractivity contribution in [3.63, 3.8) is 0 Å². The van der Waals surface area contributed by atoms with Crippen LogP contribution in [0.1, 0.15) is 63.0 Å². The number of amidine groups is 2. The number of aliphatic imine (C=N–C) groups is 1. The highest BCUT2D eigenvalue weighted by molar-refractivity contribution is 6.08. The number of hydrazone groups is 1. The molecule has 0 unspecified atom stereocenters. The summed E-state index contributed by atoms with van der Waals surface area (Å²) in [5, 5.41) is 4.01. The first kappa shape index (κ1) is 25.7. The highest BCUT2D eigenvalue weighted by Crippen LogP contribution is 2.40. The molecule has 7 nitrogen and oxygen atoms in total. The number of carbonyl (C=O) groups excluding carboxylic acids is 1. The molecule has 1 amide bonds. The Morgan fingerprint density at radius 2 is 1.71 bits per heavy atom. The molecular weight excluding hydrogens is 472 g/mol. The van der Waals surface area contributed by atoms with Crippen LogP contribution in [0.3, 0.4) is 0 Å². The van der Waals surface area contributed by atoms with Gasteiger partial charge in [0.05, 0.1) is 6.54 Å². The van der Waals surface area contributed by atoms with E-state index in [0.29, 0.717) is 12.4 Å². The lowest BCUT2D eigenvalue weighted by Crippen LogP contribution is -2.40. The van der Waals surface area contributed by atoms with Gasteiger partial charge in [-0.25, -0.2) is 11.4 Å². The van der Waals surface area contributed by atoms with Crippen LogP contribution >= 0.6 is 0 Å². The number of hydrogen-bond donors (Lipinski definition) is 3. The first-order valence-electron chi connectivity index (χ1n) is 13.5. The third kappa shape index (κ3) is 5.07. The van der Waals surface area contributed by atoms with E-state index in [1.54, 1.807) is 0 Å². The molecule has 5 rings (SSSR count). The van der Waals surface area contributed by atoms with Crippen LogP contribution in [0.5, 0.6) is 0 Å². The van der Waals surface area contributed by atoms with Crippen LogP contribution in [-0.4, -0.2) is 28.0 Å². The number of rotatable bonds is 9. The second-order valence-electron chi connectivity index (χ2n) is 10.2. The van der Waals surface area contributed by atoms with Gasteiger partial charge >= 0.3 is 0 Å². The average Bonchev–Trinajstić information content (AvgIpc) is 3.53. The summed E-state index contributed by atoms with van der Waals surface area (Å²) in [5.74, 6) is 6.86. The molecule has 0 aromatic heterocycles. The van der Waals surface area contributed by atoms with E-state index in [2.05, 4.69) is 60.0 Å². The van der Waals surface area contributed by atoms with Crippen molar-refractivity contribution in [1.82, 2.24) is 10.4 Å². The highest BCUT2D eigenvalue weighted by atomic mass is 16.2. The SMILES string of the molecule is CCCCC1=NC2(CCCC2)C(=O)N1Cc1ccc(-c2cc(-c3ccccc3)ccc2/C(N)=N/NN)cc1. The molecule has 5 N–H and O–H groups in total. The third-order valence-electron chi connectivity index (χ3n) is 7.68. The molecule has 7 heteroatoms. The van der Waals surface area contributed by atoms with Gasteiger partial charge in [0.25, 0.3) is 5.91 Å². The van der Waals surface area contributed by atoms with Gasteiger partial charge in [0.2, 0.25) is 0 Å². The average molecular weight is 509 g/mol. The molecule has 1 heterocycles. The molecule has 3 aromatic rings. The Morgan fingerprint density at radius 1 is 1.00 bits per heavy atom. The van der Waals surface area contributed by atoms with Crippen LogP contribution in [0.2, 0.25) is 0 Å². The number of nitrogens with zero attached hydrogens (tertiary/aromatic N) is 3. The van der Waals surface area contributed by atoms with Gasteiger partial charge in [0, 0.05) is 12.0 Å². The minimum Gasteiger partial charge on any atom is -0.382 e. The molecule has 1 aliphatic carbocycles. The van der Waals surface area contributed by atoms with Gasteiger partial charge in [0.1, 0.15) is 11.4 Å². The van der Waals surface area contributed by atoms with E-state index in [0.717, 1.165) is 84.2 Å². The van der Waals surface area contributed by atoms with Crippen molar-refractivity contribution in [2.75, 3.05) is 0 Å². The van der Waals surface area contributed by atoms with Crippen molar-refractivity contribution in [3.05, 3.63) is 83.9 Å². The van der Waals surface area contributed by atoms with Crippen LogP contribution in [0.15, 0.2) is 82.9 Å². The van der Waals surface area contributed by atoms with Crippen molar-refractivity contribution in [2.45, 2.75) is 64.0 Å². The molecule has 38 heavy (non-hydrogen) atoms. The zero-order valence-corrected chi connectivity index (χ0v) is 22.0. The first-order valence-corrected chi connectivity index (χ1v) is 13.5. The number of amides is 1. The van der Waals surface area contributed by atoms with Crippen LogP contribution < -0.4 is 17.1 Å². The van der Waals surface area contributed by atoms with Gasteiger partial charge in [-0.15, -0.1) is 5.10 Å². The minimum atomic E-state index is -0.510. The molecule has 2 aliphatic rings. The summed E-state index contributed by atoms with van der Waals surface area (Å²) in [4.78, 5) is 20.5. The number of carbonyl (C=O) groups is 1. The van der Waals surface area contributed by atoms with E-state index in [1.165, 1.54) is 0 Å². The highest BCUT2D eigenvalue weighted by Gasteiger charge is 2.49. The van der Waals surface area contributed by atoms with E-state index in [4.69, 9.17) is 16.6 Å². The molecule has 0 radical (unpaired) electrons. The van der Waals surface area contributed by atoms with Crippen LogP contribution in [0.25, 0.3) is 22.3 Å². The van der Waals surface area contributed by atoms with Crippen LogP contribution in [0, 0.1) is 0 Å². The Balaban J connectivity index is 1.44. The molecule has 1 saturated carbocycles. The topological polar surface area (TPSA) is 109 Å². The molecule has 196 valence electrons. The maximum atomic E-state index is 13.5. The van der Waals surface area contributed by atoms with Crippen LogP contribution in [0.4, 0.5) is 0 Å². The number of nitrogens with one attached hydrogen (secondary N) is 1. The summed E-state index contributed by atoms with van der Waals surface area (Å²) in [6, 6.07) is 24.7. The maximum absolute atomic E-state index is 13.5. The standard InChI is InChI=1S/C31H36N6O/c1-2-3-11-28-34-31(18-7-8-19-31)30(38)37(28)21-22-12-14-24(15-13-22)27-20-25(23-9-5-4-6-10-23)16-17-26(27)29(32)35-36-33/h4-6,9-10,12-17,20,36H,2-3,7-8,11,18-19,21,33H2,1H3,(H2,32,35). The van der Waals surface area contributed by atoms with E-state index in [9.17, 15) is 4.79 Å². The number of nitrogens with two attached hydrogens (primary N) is 2. The third-order valence-corrected chi connectivity index (χ3v) is 7.68. The van der Waals surface area contributed by atoms with Crippen molar-refractivity contribution < 1.29 is 4.79 Å². The first-order chi connectivity index (χ1) is 18.5. The normalized spacial score (nSPS) is 16.8. The minimum absolute atomic E-state index is 0.182. The smallest absolute Gasteiger partial charge is 0.256 e.